The van der Waals surface area contributed by atoms with E-state index in [4.69, 9.17) is 5.11 Å². The lowest BCUT2D eigenvalue weighted by atomic mass is 9.88. The van der Waals surface area contributed by atoms with Crippen LogP contribution in [-0.4, -0.2) is 29.7 Å². The average molecular weight is 256 g/mol. The first-order chi connectivity index (χ1) is 8.51. The Hall–Kier alpha value is -1.53. The second-order valence-electron chi connectivity index (χ2n) is 4.56. The minimum Gasteiger partial charge on any atom is -0.481 e. The van der Waals surface area contributed by atoms with Crippen molar-refractivity contribution in [2.24, 2.45) is 0 Å². The summed E-state index contributed by atoms with van der Waals surface area (Å²) < 4.78 is 25.7. The van der Waals surface area contributed by atoms with E-state index in [2.05, 4.69) is 10.6 Å². The van der Waals surface area contributed by atoms with E-state index in [9.17, 15) is 13.6 Å². The van der Waals surface area contributed by atoms with Crippen LogP contribution in [0.5, 0.6) is 0 Å². The van der Waals surface area contributed by atoms with E-state index in [1.807, 2.05) is 0 Å². The molecule has 0 bridgehead atoms. The van der Waals surface area contributed by atoms with Gasteiger partial charge in [-0.05, 0) is 17.7 Å². The number of carbonyl (C=O) groups is 1. The molecule has 4 nitrogen and oxygen atoms in total. The summed E-state index contributed by atoms with van der Waals surface area (Å²) in [5.41, 5.74) is 0.0991. The highest BCUT2D eigenvalue weighted by Crippen LogP contribution is 2.17. The fourth-order valence-electron chi connectivity index (χ4n) is 1.97. The summed E-state index contributed by atoms with van der Waals surface area (Å²) in [5, 5.41) is 14.9. The Morgan fingerprint density at radius 3 is 2.61 bits per heavy atom. The molecule has 1 fully saturated rings. The van der Waals surface area contributed by atoms with Gasteiger partial charge in [0.1, 0.15) is 0 Å². The molecule has 98 valence electrons. The molecule has 0 saturated carbocycles. The molecule has 1 aliphatic rings. The summed E-state index contributed by atoms with van der Waals surface area (Å²) in [5.74, 6) is -2.66. The van der Waals surface area contributed by atoms with Crippen LogP contribution in [-0.2, 0) is 11.3 Å². The molecular formula is C12H14F2N2O2. The first-order valence-electron chi connectivity index (χ1n) is 5.62. The predicted octanol–water partition coefficient (Wildman–Crippen LogP) is 0.871. The molecule has 0 radical (unpaired) electrons. The maximum absolute atomic E-state index is 13.0. The lowest BCUT2D eigenvalue weighted by molar-refractivity contribution is -0.139. The lowest BCUT2D eigenvalue weighted by Gasteiger charge is -2.42. The second-order valence-corrected chi connectivity index (χ2v) is 4.56. The van der Waals surface area contributed by atoms with Crippen molar-refractivity contribution in [3.05, 3.63) is 35.4 Å². The van der Waals surface area contributed by atoms with E-state index in [0.717, 1.165) is 12.1 Å². The molecule has 1 aromatic carbocycles. The maximum atomic E-state index is 13.0. The fourth-order valence-corrected chi connectivity index (χ4v) is 1.97. The van der Waals surface area contributed by atoms with Crippen LogP contribution >= 0.6 is 0 Å². The molecule has 0 atom stereocenters. The van der Waals surface area contributed by atoms with E-state index in [-0.39, 0.29) is 6.42 Å². The molecule has 6 heteroatoms. The third kappa shape index (κ3) is 2.83. The van der Waals surface area contributed by atoms with E-state index in [1.54, 1.807) is 0 Å². The Morgan fingerprint density at radius 2 is 2.11 bits per heavy atom. The zero-order chi connectivity index (χ0) is 13.2. The number of hydrogen-bond acceptors (Lipinski definition) is 3. The van der Waals surface area contributed by atoms with Gasteiger partial charge in [0.05, 0.1) is 12.0 Å². The van der Waals surface area contributed by atoms with Crippen LogP contribution in [0.3, 0.4) is 0 Å². The van der Waals surface area contributed by atoms with E-state index < -0.39 is 23.1 Å². The summed E-state index contributed by atoms with van der Waals surface area (Å²) in [6.07, 6.45) is 0.00365. The minimum absolute atomic E-state index is 0.00365. The van der Waals surface area contributed by atoms with Crippen LogP contribution in [0, 0.1) is 11.6 Å². The standard InChI is InChI=1S/C12H14F2N2O2/c13-9-2-1-8(3-10(9)14)5-16-12(4-11(17)18)6-15-7-12/h1-3,15-16H,4-7H2,(H,17,18). The van der Waals surface area contributed by atoms with Gasteiger partial charge < -0.3 is 15.7 Å². The molecule has 0 amide bonds. The third-order valence-corrected chi connectivity index (χ3v) is 3.07. The molecule has 1 aromatic rings. The van der Waals surface area contributed by atoms with Crippen LogP contribution in [0.25, 0.3) is 0 Å². The van der Waals surface area contributed by atoms with Crippen LogP contribution in [0.15, 0.2) is 18.2 Å². The Bertz CT molecular complexity index is 461. The highest BCUT2D eigenvalue weighted by atomic mass is 19.2. The minimum atomic E-state index is -0.895. The van der Waals surface area contributed by atoms with Crippen molar-refractivity contribution in [1.82, 2.24) is 10.6 Å². The first kappa shape index (κ1) is 12.9. The highest BCUT2D eigenvalue weighted by molar-refractivity contribution is 5.68. The number of aliphatic carboxylic acids is 1. The van der Waals surface area contributed by atoms with Crippen LogP contribution in [0.1, 0.15) is 12.0 Å². The number of carboxylic acids is 1. The highest BCUT2D eigenvalue weighted by Gasteiger charge is 2.38. The Labute approximate surface area is 103 Å². The largest absolute Gasteiger partial charge is 0.481 e. The molecule has 0 aromatic heterocycles. The zero-order valence-electron chi connectivity index (χ0n) is 9.67. The summed E-state index contributed by atoms with van der Waals surface area (Å²) in [6, 6.07) is 3.66. The van der Waals surface area contributed by atoms with Gasteiger partial charge in [-0.15, -0.1) is 0 Å². The van der Waals surface area contributed by atoms with Gasteiger partial charge in [-0.2, -0.15) is 0 Å². The topological polar surface area (TPSA) is 61.4 Å². The Kier molecular flexibility index (Phi) is 3.58. The second kappa shape index (κ2) is 4.99. The van der Waals surface area contributed by atoms with Crippen molar-refractivity contribution >= 4 is 5.97 Å². The monoisotopic (exact) mass is 256 g/mol. The molecule has 2 rings (SSSR count). The van der Waals surface area contributed by atoms with Gasteiger partial charge in [0.15, 0.2) is 11.6 Å². The lowest BCUT2D eigenvalue weighted by Crippen LogP contribution is -2.68. The summed E-state index contributed by atoms with van der Waals surface area (Å²) in [7, 11) is 0. The van der Waals surface area contributed by atoms with Crippen molar-refractivity contribution in [3.8, 4) is 0 Å². The smallest absolute Gasteiger partial charge is 0.305 e. The molecule has 18 heavy (non-hydrogen) atoms. The Morgan fingerprint density at radius 1 is 1.39 bits per heavy atom. The number of carboxylic acid groups (broad SMARTS) is 1. The molecule has 1 aliphatic heterocycles. The van der Waals surface area contributed by atoms with Crippen molar-refractivity contribution in [1.29, 1.82) is 0 Å². The predicted molar refractivity (Wildman–Crippen MR) is 61.1 cm³/mol. The van der Waals surface area contributed by atoms with Gasteiger partial charge in [0.25, 0.3) is 0 Å². The van der Waals surface area contributed by atoms with Gasteiger partial charge in [-0.1, -0.05) is 6.07 Å². The number of rotatable bonds is 5. The van der Waals surface area contributed by atoms with Gasteiger partial charge >= 0.3 is 5.97 Å². The maximum Gasteiger partial charge on any atom is 0.305 e. The summed E-state index contributed by atoms with van der Waals surface area (Å²) >= 11 is 0. The number of benzene rings is 1. The van der Waals surface area contributed by atoms with Gasteiger partial charge in [0.2, 0.25) is 0 Å². The van der Waals surface area contributed by atoms with Crippen LogP contribution in [0.2, 0.25) is 0 Å². The average Bonchev–Trinajstić information content (AvgIpc) is 2.26. The number of nitrogens with one attached hydrogen (secondary N) is 2. The van der Waals surface area contributed by atoms with E-state index >= 15 is 0 Å². The Balaban J connectivity index is 1.97. The molecule has 0 aliphatic carbocycles. The molecule has 0 unspecified atom stereocenters. The van der Waals surface area contributed by atoms with Gasteiger partial charge in [-0.3, -0.25) is 4.79 Å². The van der Waals surface area contributed by atoms with E-state index in [0.29, 0.717) is 25.2 Å². The van der Waals surface area contributed by atoms with Crippen LogP contribution in [0.4, 0.5) is 8.78 Å². The van der Waals surface area contributed by atoms with Crippen molar-refractivity contribution in [2.75, 3.05) is 13.1 Å². The van der Waals surface area contributed by atoms with Crippen LogP contribution < -0.4 is 10.6 Å². The number of hydrogen-bond donors (Lipinski definition) is 3. The molecule has 0 spiro atoms. The first-order valence-corrected chi connectivity index (χ1v) is 5.62. The third-order valence-electron chi connectivity index (χ3n) is 3.07. The molecule has 3 N–H and O–H groups in total. The van der Waals surface area contributed by atoms with Crippen molar-refractivity contribution in [2.45, 2.75) is 18.5 Å². The molecule has 1 saturated heterocycles. The van der Waals surface area contributed by atoms with E-state index in [1.165, 1.54) is 6.07 Å². The summed E-state index contributed by atoms with van der Waals surface area (Å²) in [4.78, 5) is 10.7. The quantitative estimate of drug-likeness (QED) is 0.731. The zero-order valence-corrected chi connectivity index (χ0v) is 9.67. The number of halogens is 2. The van der Waals surface area contributed by atoms with Gasteiger partial charge in [0, 0.05) is 19.6 Å². The normalized spacial score (nSPS) is 17.2. The van der Waals surface area contributed by atoms with Crippen molar-refractivity contribution < 1.29 is 18.7 Å². The fraction of sp³-hybridized carbons (Fsp3) is 0.417. The van der Waals surface area contributed by atoms with Gasteiger partial charge in [-0.25, -0.2) is 8.78 Å². The SMILES string of the molecule is O=C(O)CC1(NCc2ccc(F)c(F)c2)CNC1. The molecule has 1 heterocycles. The molecular weight excluding hydrogens is 242 g/mol. The van der Waals surface area contributed by atoms with Crippen molar-refractivity contribution in [3.63, 3.8) is 0 Å². The summed E-state index contributed by atoms with van der Waals surface area (Å²) in [6.45, 7) is 1.43.